The van der Waals surface area contributed by atoms with Gasteiger partial charge >= 0.3 is 6.18 Å². The molecule has 0 amide bonds. The predicted octanol–water partition coefficient (Wildman–Crippen LogP) is 5.38. The molecule has 2 saturated heterocycles. The van der Waals surface area contributed by atoms with Gasteiger partial charge in [-0.2, -0.15) is 18.4 Å². The summed E-state index contributed by atoms with van der Waals surface area (Å²) in [5, 5.41) is 8.99. The van der Waals surface area contributed by atoms with Gasteiger partial charge in [-0.25, -0.2) is 0 Å². The highest BCUT2D eigenvalue weighted by atomic mass is 19.4. The molecule has 0 radical (unpaired) electrons. The number of hydrogen-bond acceptors (Lipinski definition) is 4. The van der Waals surface area contributed by atoms with Crippen molar-refractivity contribution in [3.63, 3.8) is 0 Å². The summed E-state index contributed by atoms with van der Waals surface area (Å²) in [6.45, 7) is 3.14. The fourth-order valence-electron chi connectivity index (χ4n) is 4.78. The molecule has 0 aliphatic carbocycles. The lowest BCUT2D eigenvalue weighted by Gasteiger charge is -2.35. The van der Waals surface area contributed by atoms with E-state index in [1.54, 1.807) is 12.1 Å². The predicted molar refractivity (Wildman–Crippen MR) is 118 cm³/mol. The van der Waals surface area contributed by atoms with Gasteiger partial charge in [-0.15, -0.1) is 0 Å². The highest BCUT2D eigenvalue weighted by Gasteiger charge is 2.34. The van der Waals surface area contributed by atoms with Crippen LogP contribution in [0.4, 0.5) is 24.5 Å². The van der Waals surface area contributed by atoms with Crippen molar-refractivity contribution >= 4 is 17.7 Å². The summed E-state index contributed by atoms with van der Waals surface area (Å²) < 4.78 is 39.8. The van der Waals surface area contributed by atoms with Gasteiger partial charge in [0.2, 0.25) is 0 Å². The fourth-order valence-corrected chi connectivity index (χ4v) is 4.78. The highest BCUT2D eigenvalue weighted by Crippen LogP contribution is 2.37. The van der Waals surface area contributed by atoms with Gasteiger partial charge < -0.3 is 14.6 Å². The third-order valence-corrected chi connectivity index (χ3v) is 6.75. The van der Waals surface area contributed by atoms with E-state index in [0.29, 0.717) is 24.7 Å². The summed E-state index contributed by atoms with van der Waals surface area (Å²) >= 11 is 0. The average Bonchev–Trinajstić information content (AvgIpc) is 2.83. The molecule has 7 heteroatoms. The Kier molecular flexibility index (Phi) is 6.40. The van der Waals surface area contributed by atoms with Crippen LogP contribution in [0.2, 0.25) is 0 Å². The molecule has 0 unspecified atom stereocenters. The maximum Gasteiger partial charge on any atom is 0.417 e. The van der Waals surface area contributed by atoms with Crippen LogP contribution >= 0.6 is 0 Å². The molecule has 0 spiro atoms. The largest absolute Gasteiger partial charge is 0.417 e. The molecule has 0 saturated carbocycles. The second kappa shape index (κ2) is 9.23. The summed E-state index contributed by atoms with van der Waals surface area (Å²) in [5.74, 6) is 0.556. The van der Waals surface area contributed by atoms with Crippen LogP contribution in [-0.2, 0) is 11.0 Å². The van der Waals surface area contributed by atoms with E-state index < -0.39 is 11.7 Å². The van der Waals surface area contributed by atoms with Crippen molar-refractivity contribution in [3.05, 3.63) is 59.2 Å². The number of alkyl halides is 3. The summed E-state index contributed by atoms with van der Waals surface area (Å²) in [4.78, 5) is 15.2. The van der Waals surface area contributed by atoms with Crippen LogP contribution in [0.15, 0.2) is 42.5 Å². The number of hydrogen-bond donors (Lipinski definition) is 0. The van der Waals surface area contributed by atoms with Crippen LogP contribution in [0, 0.1) is 17.2 Å². The zero-order chi connectivity index (χ0) is 22.7. The Hall–Kier alpha value is -3.01. The molecular formula is C25H26F3N3O. The Morgan fingerprint density at radius 2 is 1.44 bits per heavy atom. The van der Waals surface area contributed by atoms with Gasteiger partial charge in [0.1, 0.15) is 6.29 Å². The maximum absolute atomic E-state index is 13.3. The molecule has 0 aromatic heterocycles. The smallest absolute Gasteiger partial charge is 0.371 e. The maximum atomic E-state index is 13.3. The number of piperidine rings is 2. The van der Waals surface area contributed by atoms with E-state index in [-0.39, 0.29) is 11.5 Å². The van der Waals surface area contributed by atoms with Gasteiger partial charge in [0.05, 0.1) is 17.2 Å². The number of aldehydes is 1. The Bertz CT molecular complexity index is 981. The van der Waals surface area contributed by atoms with Crippen LogP contribution in [0.3, 0.4) is 0 Å². The average molecular weight is 441 g/mol. The molecule has 32 heavy (non-hydrogen) atoms. The van der Waals surface area contributed by atoms with E-state index in [1.165, 1.54) is 17.3 Å². The van der Waals surface area contributed by atoms with Crippen molar-refractivity contribution in [3.8, 4) is 6.07 Å². The van der Waals surface area contributed by atoms with Gasteiger partial charge in [-0.3, -0.25) is 0 Å². The van der Waals surface area contributed by atoms with Crippen LogP contribution in [-0.4, -0.2) is 32.5 Å². The molecule has 2 fully saturated rings. The van der Waals surface area contributed by atoms with E-state index in [0.717, 1.165) is 51.1 Å². The minimum absolute atomic E-state index is 0.180. The fraction of sp³-hybridized carbons (Fsp3) is 0.440. The molecule has 0 atom stereocenters. The van der Waals surface area contributed by atoms with Gasteiger partial charge in [-0.1, -0.05) is 12.1 Å². The van der Waals surface area contributed by atoms with Crippen LogP contribution in [0.1, 0.15) is 48.3 Å². The molecular weight excluding hydrogens is 415 g/mol. The molecule has 2 aliphatic heterocycles. The zero-order valence-electron chi connectivity index (χ0n) is 17.8. The second-order valence-corrected chi connectivity index (χ2v) is 8.65. The van der Waals surface area contributed by atoms with E-state index in [4.69, 9.17) is 5.26 Å². The number of nitrogens with zero attached hydrogens (tertiary/aromatic N) is 3. The van der Waals surface area contributed by atoms with Crippen molar-refractivity contribution in [1.29, 1.82) is 5.26 Å². The van der Waals surface area contributed by atoms with Crippen molar-refractivity contribution in [2.75, 3.05) is 36.0 Å². The lowest BCUT2D eigenvalue weighted by atomic mass is 9.89. The second-order valence-electron chi connectivity index (χ2n) is 8.65. The molecule has 2 aliphatic rings. The monoisotopic (exact) mass is 441 g/mol. The minimum atomic E-state index is -4.54. The molecule has 4 nitrogen and oxygen atoms in total. The van der Waals surface area contributed by atoms with Gasteiger partial charge in [0, 0.05) is 43.5 Å². The summed E-state index contributed by atoms with van der Waals surface area (Å²) in [5.41, 5.74) is 1.74. The molecule has 4 rings (SSSR count). The van der Waals surface area contributed by atoms with Crippen molar-refractivity contribution in [2.45, 2.75) is 37.8 Å². The van der Waals surface area contributed by atoms with Gasteiger partial charge in [0.25, 0.3) is 0 Å². The zero-order valence-corrected chi connectivity index (χ0v) is 17.8. The van der Waals surface area contributed by atoms with Gasteiger partial charge in [0.15, 0.2) is 0 Å². The molecule has 2 aromatic rings. The van der Waals surface area contributed by atoms with Crippen LogP contribution < -0.4 is 9.80 Å². The number of nitriles is 1. The van der Waals surface area contributed by atoms with Gasteiger partial charge in [-0.05, 0) is 67.5 Å². The lowest BCUT2D eigenvalue weighted by molar-refractivity contribution is -0.137. The summed E-state index contributed by atoms with van der Waals surface area (Å²) in [6.07, 6.45) is 0.0549. The minimum Gasteiger partial charge on any atom is -0.371 e. The van der Waals surface area contributed by atoms with Crippen molar-refractivity contribution in [2.24, 2.45) is 5.92 Å². The highest BCUT2D eigenvalue weighted by molar-refractivity contribution is 5.56. The molecule has 0 bridgehead atoms. The van der Waals surface area contributed by atoms with E-state index in [1.807, 2.05) is 4.90 Å². The lowest BCUT2D eigenvalue weighted by Crippen LogP contribution is -2.34. The van der Waals surface area contributed by atoms with Crippen LogP contribution in [0.5, 0.6) is 0 Å². The van der Waals surface area contributed by atoms with E-state index in [2.05, 4.69) is 29.2 Å². The van der Waals surface area contributed by atoms with Crippen LogP contribution in [0.25, 0.3) is 0 Å². The molecule has 168 valence electrons. The first-order chi connectivity index (χ1) is 15.4. The Balaban J connectivity index is 1.38. The summed E-state index contributed by atoms with van der Waals surface area (Å²) in [7, 11) is 0. The first-order valence-electron chi connectivity index (χ1n) is 11.1. The first kappa shape index (κ1) is 22.2. The molecule has 0 N–H and O–H groups in total. The third-order valence-electron chi connectivity index (χ3n) is 6.75. The molecule has 2 heterocycles. The number of rotatable bonds is 4. The van der Waals surface area contributed by atoms with Crippen molar-refractivity contribution in [1.82, 2.24) is 0 Å². The summed E-state index contributed by atoms with van der Waals surface area (Å²) in [6, 6.07) is 14.2. The normalized spacial score (nSPS) is 18.4. The topological polar surface area (TPSA) is 47.3 Å². The number of halogens is 3. The van der Waals surface area contributed by atoms with E-state index >= 15 is 0 Å². The number of carbonyl (C=O) groups excluding carboxylic acids is 1. The Labute approximate surface area is 186 Å². The Morgan fingerprint density at radius 3 is 2.00 bits per heavy atom. The SMILES string of the molecule is N#Cc1ccc(N2CCC(c3ccc(N4CCC(C=O)CC4)cc3)CC2)cc1C(F)(F)F. The quantitative estimate of drug-likeness (QED) is 0.598. The van der Waals surface area contributed by atoms with E-state index in [9.17, 15) is 18.0 Å². The standard InChI is InChI=1S/C25H26F3N3O/c26-25(27,28)24-15-23(6-3-21(24)16-29)31-13-9-20(10-14-31)19-1-4-22(5-2-19)30-11-7-18(17-32)8-12-30/h1-6,15,17-18,20H,7-14H2. The van der Waals surface area contributed by atoms with Crippen molar-refractivity contribution < 1.29 is 18.0 Å². The molecule has 2 aromatic carbocycles. The number of anilines is 2. The Morgan fingerprint density at radius 1 is 0.875 bits per heavy atom. The number of carbonyl (C=O) groups is 1. The number of benzene rings is 2. The first-order valence-corrected chi connectivity index (χ1v) is 11.1. The third kappa shape index (κ3) is 4.74.